The van der Waals surface area contributed by atoms with Crippen LogP contribution in [0, 0.1) is 0 Å². The molecule has 1 aliphatic heterocycles. The highest BCUT2D eigenvalue weighted by molar-refractivity contribution is 9.12. The van der Waals surface area contributed by atoms with Gasteiger partial charge in [-0.2, -0.15) is 0 Å². The molecule has 1 unspecified atom stereocenters. The Kier molecular flexibility index (Phi) is 3.84. The van der Waals surface area contributed by atoms with E-state index in [1.165, 1.54) is 43.5 Å². The number of rotatable bonds is 2. The highest BCUT2D eigenvalue weighted by Gasteiger charge is 2.35. The van der Waals surface area contributed by atoms with Gasteiger partial charge in [-0.15, -0.1) is 0 Å². The van der Waals surface area contributed by atoms with Crippen LogP contribution in [0.3, 0.4) is 0 Å². The average Bonchev–Trinajstić information content (AvgIpc) is 3.28. The minimum atomic E-state index is 0.324. The zero-order valence-corrected chi connectivity index (χ0v) is 17.8. The molecule has 2 nitrogen and oxygen atoms in total. The molecule has 0 spiro atoms. The third-order valence-electron chi connectivity index (χ3n) is 5.78. The van der Waals surface area contributed by atoms with Crippen molar-refractivity contribution in [3.05, 3.63) is 83.7 Å². The van der Waals surface area contributed by atoms with E-state index in [1.54, 1.807) is 0 Å². The third-order valence-corrected chi connectivity index (χ3v) is 7.26. The maximum atomic E-state index is 5.70. The predicted molar refractivity (Wildman–Crippen MR) is 111 cm³/mol. The molecule has 5 rings (SSSR count). The van der Waals surface area contributed by atoms with Gasteiger partial charge in [-0.3, -0.25) is 0 Å². The molecule has 1 aromatic carbocycles. The Morgan fingerprint density at radius 2 is 1.96 bits per heavy atom. The van der Waals surface area contributed by atoms with Crippen LogP contribution in [0.2, 0.25) is 0 Å². The average molecular weight is 474 g/mol. The molecule has 1 heterocycles. The summed E-state index contributed by atoms with van der Waals surface area (Å²) in [5.74, 6) is 2.26. The van der Waals surface area contributed by atoms with Crippen molar-refractivity contribution in [3.63, 3.8) is 0 Å². The fourth-order valence-electron chi connectivity index (χ4n) is 4.44. The normalized spacial score (nSPS) is 23.5. The van der Waals surface area contributed by atoms with Crippen LogP contribution in [-0.4, -0.2) is 6.79 Å². The predicted octanol–water partition coefficient (Wildman–Crippen LogP) is 6.86. The standard InChI is InChI=1S/C22H18Br2O2/c1-11-6-17-13(4-3-5-19(17)23)14(11)8-15-12(2)7-18-16(15)9-20-22(21(18)24)26-10-25-20/h3-7,14H,8-10H2,1-2H3. The van der Waals surface area contributed by atoms with Gasteiger partial charge >= 0.3 is 0 Å². The Morgan fingerprint density at radius 3 is 2.81 bits per heavy atom. The minimum Gasteiger partial charge on any atom is -0.458 e. The van der Waals surface area contributed by atoms with Crippen LogP contribution >= 0.6 is 31.9 Å². The lowest BCUT2D eigenvalue weighted by atomic mass is 9.85. The summed E-state index contributed by atoms with van der Waals surface area (Å²) in [6.07, 6.45) is 6.46. The molecular weight excluding hydrogens is 456 g/mol. The van der Waals surface area contributed by atoms with Crippen LogP contribution < -0.4 is 0 Å². The molecule has 0 aromatic heterocycles. The highest BCUT2D eigenvalue weighted by Crippen LogP contribution is 2.51. The Morgan fingerprint density at radius 1 is 1.12 bits per heavy atom. The van der Waals surface area contributed by atoms with Crippen molar-refractivity contribution in [3.8, 4) is 0 Å². The number of fused-ring (bicyclic) bond motifs is 2. The van der Waals surface area contributed by atoms with Crippen LogP contribution in [0.15, 0.2) is 72.6 Å². The lowest BCUT2D eigenvalue weighted by Crippen LogP contribution is -2.05. The van der Waals surface area contributed by atoms with E-state index in [0.29, 0.717) is 12.7 Å². The number of hydrogen-bond donors (Lipinski definition) is 0. The maximum absolute atomic E-state index is 5.70. The smallest absolute Gasteiger partial charge is 0.230 e. The summed E-state index contributed by atoms with van der Waals surface area (Å²) in [6, 6.07) is 6.53. The molecule has 0 fully saturated rings. The van der Waals surface area contributed by atoms with Crippen LogP contribution in [0.5, 0.6) is 0 Å². The second kappa shape index (κ2) is 6.00. The van der Waals surface area contributed by atoms with Gasteiger partial charge in [0.05, 0.1) is 4.48 Å². The summed E-state index contributed by atoms with van der Waals surface area (Å²) in [5, 5.41) is 0. The van der Waals surface area contributed by atoms with Gasteiger partial charge in [0.15, 0.2) is 5.76 Å². The van der Waals surface area contributed by atoms with Gasteiger partial charge < -0.3 is 9.47 Å². The summed E-state index contributed by atoms with van der Waals surface area (Å²) in [7, 11) is 0. The molecule has 26 heavy (non-hydrogen) atoms. The molecule has 3 aliphatic carbocycles. The highest BCUT2D eigenvalue weighted by atomic mass is 79.9. The fraction of sp³-hybridized carbons (Fsp3) is 0.273. The van der Waals surface area contributed by atoms with Crippen LogP contribution in [0.1, 0.15) is 43.7 Å². The van der Waals surface area contributed by atoms with Gasteiger partial charge in [-0.25, -0.2) is 0 Å². The molecule has 1 aromatic rings. The van der Waals surface area contributed by atoms with Gasteiger partial charge in [0.1, 0.15) is 5.76 Å². The number of hydrogen-bond acceptors (Lipinski definition) is 2. The Labute approximate surface area is 170 Å². The van der Waals surface area contributed by atoms with Crippen LogP contribution in [0.4, 0.5) is 0 Å². The lowest BCUT2D eigenvalue weighted by Gasteiger charge is -2.20. The molecule has 4 heteroatoms. The SMILES string of the molecule is CC1=CC2=C(Br)C3=C(CC2=C1CC1C(C)=Cc2c(Br)cccc21)OCO3. The largest absolute Gasteiger partial charge is 0.458 e. The summed E-state index contributed by atoms with van der Waals surface area (Å²) in [5.41, 5.74) is 9.63. The second-order valence-corrected chi connectivity index (χ2v) is 8.88. The quantitative estimate of drug-likeness (QED) is 0.466. The molecule has 0 bridgehead atoms. The molecule has 0 saturated heterocycles. The first kappa shape index (κ1) is 16.6. The molecule has 132 valence electrons. The second-order valence-electron chi connectivity index (χ2n) is 7.24. The van der Waals surface area contributed by atoms with Crippen LogP contribution in [-0.2, 0) is 9.47 Å². The Bertz CT molecular complexity index is 1000. The molecule has 0 N–H and O–H groups in total. The van der Waals surface area contributed by atoms with Crippen molar-refractivity contribution in [2.24, 2.45) is 0 Å². The van der Waals surface area contributed by atoms with E-state index in [4.69, 9.17) is 9.47 Å². The van der Waals surface area contributed by atoms with Crippen molar-refractivity contribution in [2.75, 3.05) is 6.79 Å². The van der Waals surface area contributed by atoms with Crippen molar-refractivity contribution in [1.82, 2.24) is 0 Å². The molecule has 0 radical (unpaired) electrons. The first-order valence-corrected chi connectivity index (χ1v) is 10.4. The molecule has 4 aliphatic rings. The molecular formula is C22H18Br2O2. The Balaban J connectivity index is 1.56. The maximum Gasteiger partial charge on any atom is 0.230 e. The van der Waals surface area contributed by atoms with Crippen molar-refractivity contribution < 1.29 is 9.47 Å². The van der Waals surface area contributed by atoms with E-state index in [9.17, 15) is 0 Å². The fourth-order valence-corrected chi connectivity index (χ4v) is 5.62. The van der Waals surface area contributed by atoms with Crippen LogP contribution in [0.25, 0.3) is 6.08 Å². The summed E-state index contributed by atoms with van der Waals surface area (Å²) in [6.45, 7) is 4.79. The van der Waals surface area contributed by atoms with Gasteiger partial charge in [-0.05, 0) is 75.7 Å². The zero-order chi connectivity index (χ0) is 18.0. The van der Waals surface area contributed by atoms with E-state index in [1.807, 2.05) is 0 Å². The molecule has 1 atom stereocenters. The number of ether oxygens (including phenoxy) is 2. The minimum absolute atomic E-state index is 0.324. The van der Waals surface area contributed by atoms with Crippen molar-refractivity contribution in [2.45, 2.75) is 32.6 Å². The summed E-state index contributed by atoms with van der Waals surface area (Å²) in [4.78, 5) is 0. The van der Waals surface area contributed by atoms with E-state index in [0.717, 1.165) is 28.8 Å². The van der Waals surface area contributed by atoms with E-state index >= 15 is 0 Å². The molecule has 0 amide bonds. The van der Waals surface area contributed by atoms with E-state index < -0.39 is 0 Å². The lowest BCUT2D eigenvalue weighted by molar-refractivity contribution is 0.0734. The summed E-state index contributed by atoms with van der Waals surface area (Å²) >= 11 is 7.44. The van der Waals surface area contributed by atoms with Gasteiger partial charge in [0.2, 0.25) is 6.79 Å². The van der Waals surface area contributed by atoms with E-state index in [-0.39, 0.29) is 0 Å². The topological polar surface area (TPSA) is 18.5 Å². The molecule has 0 saturated carbocycles. The number of benzene rings is 1. The number of allylic oxidation sites excluding steroid dienone is 7. The Hall–Kier alpha value is -1.52. The first-order chi connectivity index (χ1) is 12.5. The first-order valence-electron chi connectivity index (χ1n) is 8.81. The van der Waals surface area contributed by atoms with Crippen molar-refractivity contribution in [1.29, 1.82) is 0 Å². The third kappa shape index (κ3) is 2.35. The van der Waals surface area contributed by atoms with Crippen molar-refractivity contribution >= 4 is 37.9 Å². The summed E-state index contributed by atoms with van der Waals surface area (Å²) < 4.78 is 13.6. The van der Waals surface area contributed by atoms with Gasteiger partial charge in [-0.1, -0.05) is 45.8 Å². The van der Waals surface area contributed by atoms with E-state index in [2.05, 4.69) is 76.1 Å². The van der Waals surface area contributed by atoms with Gasteiger partial charge in [0, 0.05) is 16.8 Å². The monoisotopic (exact) mass is 472 g/mol. The zero-order valence-electron chi connectivity index (χ0n) is 14.7. The van der Waals surface area contributed by atoms with Gasteiger partial charge in [0.25, 0.3) is 0 Å². The number of halogens is 2.